The molecule has 1 aromatic heterocycles. The predicted octanol–water partition coefficient (Wildman–Crippen LogP) is 0.303. The van der Waals surface area contributed by atoms with Crippen LogP contribution in [0.4, 0.5) is 0 Å². The Morgan fingerprint density at radius 3 is 3.17 bits per heavy atom. The Morgan fingerprint density at radius 1 is 1.67 bits per heavy atom. The van der Waals surface area contributed by atoms with Crippen molar-refractivity contribution in [3.05, 3.63) is 11.6 Å². The van der Waals surface area contributed by atoms with Gasteiger partial charge in [0.2, 0.25) is 5.28 Å². The molecule has 1 aliphatic heterocycles. The van der Waals surface area contributed by atoms with Gasteiger partial charge in [0.25, 0.3) is 0 Å². The van der Waals surface area contributed by atoms with E-state index in [-0.39, 0.29) is 17.4 Å². The largest absolute Gasteiger partial charge is 0.460 e. The van der Waals surface area contributed by atoms with Gasteiger partial charge in [-0.3, -0.25) is 0 Å². The van der Waals surface area contributed by atoms with E-state index in [2.05, 4.69) is 15.0 Å². The number of ether oxygens (including phenoxy) is 2. The fourth-order valence-corrected chi connectivity index (χ4v) is 0.780. The summed E-state index contributed by atoms with van der Waals surface area (Å²) in [6, 6.07) is 0.241. The number of rotatable bonds is 3. The van der Waals surface area contributed by atoms with Crippen molar-refractivity contribution in [2.45, 2.75) is 6.10 Å². The van der Waals surface area contributed by atoms with Crippen LogP contribution in [-0.4, -0.2) is 34.3 Å². The summed E-state index contributed by atoms with van der Waals surface area (Å²) in [7, 11) is 0. The molecule has 2 rings (SSSR count). The summed E-state index contributed by atoms with van der Waals surface area (Å²) in [6.45, 7) is 1.22. The zero-order valence-electron chi connectivity index (χ0n) is 6.11. The average molecular weight is 188 g/mol. The van der Waals surface area contributed by atoms with Gasteiger partial charge in [-0.25, -0.2) is 4.98 Å². The van der Waals surface area contributed by atoms with Crippen molar-refractivity contribution in [3.8, 4) is 6.01 Å². The molecule has 0 aliphatic carbocycles. The highest BCUT2D eigenvalue weighted by molar-refractivity contribution is 6.28. The Morgan fingerprint density at radius 2 is 2.50 bits per heavy atom. The summed E-state index contributed by atoms with van der Waals surface area (Å²) >= 11 is 5.50. The first-order chi connectivity index (χ1) is 5.84. The van der Waals surface area contributed by atoms with Crippen molar-refractivity contribution in [1.82, 2.24) is 15.0 Å². The molecule has 1 aliphatic rings. The average Bonchev–Trinajstić information content (AvgIpc) is 2.84. The molecule has 1 aromatic rings. The first-order valence-electron chi connectivity index (χ1n) is 3.43. The van der Waals surface area contributed by atoms with Gasteiger partial charge in [-0.15, -0.1) is 0 Å². The number of epoxide rings is 1. The van der Waals surface area contributed by atoms with E-state index in [0.717, 1.165) is 6.61 Å². The van der Waals surface area contributed by atoms with Crippen LogP contribution >= 0.6 is 11.6 Å². The normalized spacial score (nSPS) is 20.6. The molecule has 0 radical (unpaired) electrons. The molecule has 0 bridgehead atoms. The van der Waals surface area contributed by atoms with Crippen LogP contribution < -0.4 is 4.74 Å². The standard InChI is InChI=1S/C6H6ClN3O2/c7-5-8-3-9-6(10-5)12-2-4-1-11-4/h3-4H,1-2H2. The van der Waals surface area contributed by atoms with Crippen molar-refractivity contribution in [2.24, 2.45) is 0 Å². The molecule has 1 atom stereocenters. The summed E-state index contributed by atoms with van der Waals surface area (Å²) in [5.41, 5.74) is 0. The Bertz CT molecular complexity index is 279. The first kappa shape index (κ1) is 7.70. The first-order valence-corrected chi connectivity index (χ1v) is 3.81. The lowest BCUT2D eigenvalue weighted by Gasteiger charge is -1.99. The van der Waals surface area contributed by atoms with Crippen LogP contribution in [0.3, 0.4) is 0 Å². The van der Waals surface area contributed by atoms with Crippen LogP contribution in [-0.2, 0) is 4.74 Å². The lowest BCUT2D eigenvalue weighted by atomic mass is 10.5. The monoisotopic (exact) mass is 187 g/mol. The molecule has 0 amide bonds. The molecule has 0 spiro atoms. The van der Waals surface area contributed by atoms with Crippen LogP contribution in [0.25, 0.3) is 0 Å². The second-order valence-electron chi connectivity index (χ2n) is 2.30. The zero-order valence-corrected chi connectivity index (χ0v) is 6.86. The molecule has 0 N–H and O–H groups in total. The quantitative estimate of drug-likeness (QED) is 0.637. The van der Waals surface area contributed by atoms with E-state index in [4.69, 9.17) is 21.1 Å². The molecule has 64 valence electrons. The molecule has 12 heavy (non-hydrogen) atoms. The van der Waals surface area contributed by atoms with Crippen LogP contribution in [0.2, 0.25) is 5.28 Å². The van der Waals surface area contributed by atoms with Gasteiger partial charge in [-0.2, -0.15) is 9.97 Å². The van der Waals surface area contributed by atoms with Crippen molar-refractivity contribution >= 4 is 11.6 Å². The van der Waals surface area contributed by atoms with E-state index < -0.39 is 0 Å². The smallest absolute Gasteiger partial charge is 0.320 e. The third-order valence-corrected chi connectivity index (χ3v) is 1.50. The van der Waals surface area contributed by atoms with Crippen LogP contribution in [0, 0.1) is 0 Å². The van der Waals surface area contributed by atoms with Crippen LogP contribution in [0.1, 0.15) is 0 Å². The molecule has 6 heteroatoms. The summed E-state index contributed by atoms with van der Waals surface area (Å²) in [5.74, 6) is 0. The molecule has 0 aromatic carbocycles. The summed E-state index contributed by atoms with van der Waals surface area (Å²) in [5, 5.41) is 0.136. The second kappa shape index (κ2) is 3.20. The molecule has 5 nitrogen and oxygen atoms in total. The Kier molecular flexibility index (Phi) is 2.05. The topological polar surface area (TPSA) is 60.4 Å². The van der Waals surface area contributed by atoms with Gasteiger partial charge >= 0.3 is 6.01 Å². The Labute approximate surface area is 73.7 Å². The highest BCUT2D eigenvalue weighted by Gasteiger charge is 2.23. The molecular formula is C6H6ClN3O2. The van der Waals surface area contributed by atoms with Gasteiger partial charge in [0.05, 0.1) is 6.61 Å². The SMILES string of the molecule is Clc1ncnc(OCC2CO2)n1. The van der Waals surface area contributed by atoms with Gasteiger partial charge in [-0.05, 0) is 11.6 Å². The second-order valence-corrected chi connectivity index (χ2v) is 2.64. The number of halogens is 1. The summed E-state index contributed by atoms with van der Waals surface area (Å²) in [6.07, 6.45) is 1.50. The zero-order chi connectivity index (χ0) is 8.39. The van der Waals surface area contributed by atoms with E-state index in [1.807, 2.05) is 0 Å². The summed E-state index contributed by atoms with van der Waals surface area (Å²) < 4.78 is 10.1. The maximum atomic E-state index is 5.50. The van der Waals surface area contributed by atoms with Gasteiger partial charge < -0.3 is 9.47 Å². The summed E-state index contributed by atoms with van der Waals surface area (Å²) in [4.78, 5) is 11.1. The number of hydrogen-bond acceptors (Lipinski definition) is 5. The fraction of sp³-hybridized carbons (Fsp3) is 0.500. The van der Waals surface area contributed by atoms with Crippen molar-refractivity contribution in [1.29, 1.82) is 0 Å². The highest BCUT2D eigenvalue weighted by Crippen LogP contribution is 2.11. The van der Waals surface area contributed by atoms with E-state index in [9.17, 15) is 0 Å². The molecule has 2 heterocycles. The van der Waals surface area contributed by atoms with Crippen LogP contribution in [0.15, 0.2) is 6.33 Å². The minimum absolute atomic E-state index is 0.136. The molecule has 1 saturated heterocycles. The van der Waals surface area contributed by atoms with E-state index >= 15 is 0 Å². The van der Waals surface area contributed by atoms with E-state index in [0.29, 0.717) is 6.61 Å². The van der Waals surface area contributed by atoms with Gasteiger partial charge in [-0.1, -0.05) is 0 Å². The molecule has 1 unspecified atom stereocenters. The van der Waals surface area contributed by atoms with Crippen molar-refractivity contribution in [2.75, 3.05) is 13.2 Å². The van der Waals surface area contributed by atoms with Gasteiger partial charge in [0.15, 0.2) is 0 Å². The molecular weight excluding hydrogens is 182 g/mol. The van der Waals surface area contributed by atoms with Crippen molar-refractivity contribution < 1.29 is 9.47 Å². The van der Waals surface area contributed by atoms with Crippen molar-refractivity contribution in [3.63, 3.8) is 0 Å². The van der Waals surface area contributed by atoms with Gasteiger partial charge in [0, 0.05) is 0 Å². The van der Waals surface area contributed by atoms with E-state index in [1.54, 1.807) is 0 Å². The van der Waals surface area contributed by atoms with E-state index in [1.165, 1.54) is 6.33 Å². The number of nitrogens with zero attached hydrogens (tertiary/aromatic N) is 3. The predicted molar refractivity (Wildman–Crippen MR) is 40.1 cm³/mol. The lowest BCUT2D eigenvalue weighted by molar-refractivity contribution is 0.246. The fourth-order valence-electron chi connectivity index (χ4n) is 0.664. The third kappa shape index (κ3) is 2.02. The minimum atomic E-state index is 0.136. The van der Waals surface area contributed by atoms with Crippen LogP contribution in [0.5, 0.6) is 6.01 Å². The molecule has 1 fully saturated rings. The number of hydrogen-bond donors (Lipinski definition) is 0. The minimum Gasteiger partial charge on any atom is -0.460 e. The maximum Gasteiger partial charge on any atom is 0.320 e. The third-order valence-electron chi connectivity index (χ3n) is 1.32. The molecule has 0 saturated carbocycles. The highest BCUT2D eigenvalue weighted by atomic mass is 35.5. The van der Waals surface area contributed by atoms with Gasteiger partial charge in [0.1, 0.15) is 19.0 Å². The Hall–Kier alpha value is -0.940. The lowest BCUT2D eigenvalue weighted by Crippen LogP contribution is -2.06. The maximum absolute atomic E-state index is 5.50. The Balaban J connectivity index is 1.92. The number of aromatic nitrogens is 3.